The summed E-state index contributed by atoms with van der Waals surface area (Å²) in [5.41, 5.74) is 3.58. The van der Waals surface area contributed by atoms with Crippen LogP contribution < -0.4 is 9.47 Å². The van der Waals surface area contributed by atoms with E-state index in [9.17, 15) is 9.59 Å². The maximum absolute atomic E-state index is 14.0. The van der Waals surface area contributed by atoms with Crippen molar-refractivity contribution >= 4 is 11.8 Å². The van der Waals surface area contributed by atoms with Crippen LogP contribution in [0.3, 0.4) is 0 Å². The molecule has 1 fully saturated rings. The SMILES string of the molecule is COc1cc2c(cc1OC)C1C(C(=O)N3CCCC(C)C3)c3ccccc3C(=O)N1CC2. The topological polar surface area (TPSA) is 59.1 Å². The lowest BCUT2D eigenvalue weighted by molar-refractivity contribution is -0.136. The highest BCUT2D eigenvalue weighted by atomic mass is 16.5. The molecule has 3 heterocycles. The molecular weight excluding hydrogens is 404 g/mol. The number of piperidine rings is 1. The lowest BCUT2D eigenvalue weighted by Crippen LogP contribution is -2.52. The smallest absolute Gasteiger partial charge is 0.254 e. The second-order valence-corrected chi connectivity index (χ2v) is 9.20. The van der Waals surface area contributed by atoms with Crippen LogP contribution in [0.1, 0.15) is 58.8 Å². The fourth-order valence-electron chi connectivity index (χ4n) is 5.71. The van der Waals surface area contributed by atoms with E-state index >= 15 is 0 Å². The monoisotopic (exact) mass is 434 g/mol. The van der Waals surface area contributed by atoms with Crippen LogP contribution in [0.4, 0.5) is 0 Å². The minimum Gasteiger partial charge on any atom is -0.493 e. The Labute approximate surface area is 189 Å². The molecule has 2 aromatic carbocycles. The number of ether oxygens (including phenoxy) is 2. The van der Waals surface area contributed by atoms with Crippen LogP contribution in [0.2, 0.25) is 0 Å². The summed E-state index contributed by atoms with van der Waals surface area (Å²) >= 11 is 0. The molecular formula is C26H30N2O4. The van der Waals surface area contributed by atoms with E-state index in [2.05, 4.69) is 6.92 Å². The normalized spacial score (nSPS) is 24.3. The van der Waals surface area contributed by atoms with E-state index in [0.29, 0.717) is 29.5 Å². The first-order valence-electron chi connectivity index (χ1n) is 11.5. The lowest BCUT2D eigenvalue weighted by Gasteiger charge is -2.47. The summed E-state index contributed by atoms with van der Waals surface area (Å²) in [6.45, 7) is 4.34. The number of rotatable bonds is 3. The van der Waals surface area contributed by atoms with Crippen LogP contribution in [0.15, 0.2) is 36.4 Å². The maximum atomic E-state index is 14.0. The molecule has 0 aliphatic carbocycles. The molecule has 3 atom stereocenters. The number of hydrogen-bond donors (Lipinski definition) is 0. The largest absolute Gasteiger partial charge is 0.493 e. The number of methoxy groups -OCH3 is 2. The van der Waals surface area contributed by atoms with Gasteiger partial charge in [0.15, 0.2) is 11.5 Å². The Kier molecular flexibility index (Phi) is 5.31. The van der Waals surface area contributed by atoms with Crippen molar-refractivity contribution in [2.45, 2.75) is 38.1 Å². The zero-order chi connectivity index (χ0) is 22.4. The van der Waals surface area contributed by atoms with E-state index in [4.69, 9.17) is 9.47 Å². The molecule has 3 aliphatic heterocycles. The van der Waals surface area contributed by atoms with Gasteiger partial charge in [0, 0.05) is 25.2 Å². The Morgan fingerprint density at radius 2 is 1.78 bits per heavy atom. The van der Waals surface area contributed by atoms with Gasteiger partial charge in [-0.05, 0) is 60.1 Å². The molecule has 0 saturated carbocycles. The number of fused-ring (bicyclic) bond motifs is 4. The van der Waals surface area contributed by atoms with Gasteiger partial charge in [-0.25, -0.2) is 0 Å². The Hall–Kier alpha value is -3.02. The molecule has 2 aromatic rings. The van der Waals surface area contributed by atoms with E-state index in [1.807, 2.05) is 46.2 Å². The van der Waals surface area contributed by atoms with Crippen molar-refractivity contribution in [3.05, 3.63) is 58.7 Å². The molecule has 6 nitrogen and oxygen atoms in total. The van der Waals surface area contributed by atoms with Crippen molar-refractivity contribution in [1.82, 2.24) is 9.80 Å². The number of carbonyl (C=O) groups is 2. The third-order valence-electron chi connectivity index (χ3n) is 7.26. The molecule has 0 aromatic heterocycles. The molecule has 32 heavy (non-hydrogen) atoms. The number of amides is 2. The molecule has 3 unspecified atom stereocenters. The van der Waals surface area contributed by atoms with E-state index < -0.39 is 5.92 Å². The number of nitrogens with zero attached hydrogens (tertiary/aromatic N) is 2. The molecule has 0 bridgehead atoms. The van der Waals surface area contributed by atoms with Crippen LogP contribution in [-0.4, -0.2) is 55.5 Å². The first-order valence-corrected chi connectivity index (χ1v) is 11.5. The Bertz CT molecular complexity index is 1070. The van der Waals surface area contributed by atoms with Crippen LogP contribution in [-0.2, 0) is 11.2 Å². The minimum atomic E-state index is -0.425. The summed E-state index contributed by atoms with van der Waals surface area (Å²) in [6.07, 6.45) is 2.90. The highest BCUT2D eigenvalue weighted by Crippen LogP contribution is 2.49. The molecule has 5 rings (SSSR count). The predicted molar refractivity (Wildman–Crippen MR) is 121 cm³/mol. The van der Waals surface area contributed by atoms with Gasteiger partial charge in [0.25, 0.3) is 5.91 Å². The zero-order valence-corrected chi connectivity index (χ0v) is 19.0. The molecule has 0 radical (unpaired) electrons. The number of carbonyl (C=O) groups excluding carboxylic acids is 2. The van der Waals surface area contributed by atoms with E-state index in [-0.39, 0.29) is 17.9 Å². The third-order valence-corrected chi connectivity index (χ3v) is 7.26. The van der Waals surface area contributed by atoms with Crippen molar-refractivity contribution < 1.29 is 19.1 Å². The fourth-order valence-corrected chi connectivity index (χ4v) is 5.71. The van der Waals surface area contributed by atoms with Crippen LogP contribution in [0.25, 0.3) is 0 Å². The van der Waals surface area contributed by atoms with Crippen molar-refractivity contribution in [2.75, 3.05) is 33.9 Å². The predicted octanol–water partition coefficient (Wildman–Crippen LogP) is 3.80. The van der Waals surface area contributed by atoms with Gasteiger partial charge in [0.2, 0.25) is 5.91 Å². The van der Waals surface area contributed by atoms with E-state index in [1.54, 1.807) is 14.2 Å². The molecule has 6 heteroatoms. The summed E-state index contributed by atoms with van der Waals surface area (Å²) in [6, 6.07) is 11.2. The standard InChI is InChI=1S/C26H30N2O4/c1-16-7-6-11-27(15-16)26(30)23-18-8-4-5-9-19(18)25(29)28-12-10-17-13-21(31-2)22(32-3)14-20(17)24(23)28/h4-5,8-9,13-14,16,23-24H,6-7,10-12,15H2,1-3H3. The lowest BCUT2D eigenvalue weighted by atomic mass is 9.75. The molecule has 0 spiro atoms. The Balaban J connectivity index is 1.66. The second kappa shape index (κ2) is 8.15. The van der Waals surface area contributed by atoms with Gasteiger partial charge >= 0.3 is 0 Å². The average molecular weight is 435 g/mol. The van der Waals surface area contributed by atoms with Gasteiger partial charge < -0.3 is 19.3 Å². The van der Waals surface area contributed by atoms with E-state index in [0.717, 1.165) is 49.0 Å². The van der Waals surface area contributed by atoms with Crippen molar-refractivity contribution in [3.63, 3.8) is 0 Å². The molecule has 0 N–H and O–H groups in total. The van der Waals surface area contributed by atoms with Gasteiger partial charge in [-0.1, -0.05) is 25.1 Å². The average Bonchev–Trinajstić information content (AvgIpc) is 2.83. The summed E-state index contributed by atoms with van der Waals surface area (Å²) in [5.74, 6) is 1.49. The highest BCUT2D eigenvalue weighted by Gasteiger charge is 2.48. The van der Waals surface area contributed by atoms with Gasteiger partial charge in [-0.15, -0.1) is 0 Å². The first-order chi connectivity index (χ1) is 15.5. The van der Waals surface area contributed by atoms with Crippen molar-refractivity contribution in [3.8, 4) is 11.5 Å². The third kappa shape index (κ3) is 3.24. The fraction of sp³-hybridized carbons (Fsp3) is 0.462. The summed E-state index contributed by atoms with van der Waals surface area (Å²) < 4.78 is 11.1. The second-order valence-electron chi connectivity index (χ2n) is 9.20. The van der Waals surface area contributed by atoms with Crippen molar-refractivity contribution in [2.24, 2.45) is 5.92 Å². The number of hydrogen-bond acceptors (Lipinski definition) is 4. The van der Waals surface area contributed by atoms with Crippen LogP contribution in [0.5, 0.6) is 11.5 Å². The van der Waals surface area contributed by atoms with Gasteiger partial charge in [0.1, 0.15) is 0 Å². The summed E-state index contributed by atoms with van der Waals surface area (Å²) in [7, 11) is 3.24. The molecule has 1 saturated heterocycles. The Morgan fingerprint density at radius 1 is 1.03 bits per heavy atom. The molecule has 168 valence electrons. The van der Waals surface area contributed by atoms with Crippen LogP contribution >= 0.6 is 0 Å². The summed E-state index contributed by atoms with van der Waals surface area (Å²) in [5, 5.41) is 0. The zero-order valence-electron chi connectivity index (χ0n) is 19.0. The van der Waals surface area contributed by atoms with Gasteiger partial charge in [-0.3, -0.25) is 9.59 Å². The first kappa shape index (κ1) is 20.9. The quantitative estimate of drug-likeness (QED) is 0.737. The minimum absolute atomic E-state index is 0.00194. The van der Waals surface area contributed by atoms with Crippen LogP contribution in [0, 0.1) is 5.92 Å². The molecule has 3 aliphatic rings. The van der Waals surface area contributed by atoms with E-state index in [1.165, 1.54) is 0 Å². The van der Waals surface area contributed by atoms with Gasteiger partial charge in [0.05, 0.1) is 26.2 Å². The van der Waals surface area contributed by atoms with Gasteiger partial charge in [-0.2, -0.15) is 0 Å². The highest BCUT2D eigenvalue weighted by molar-refractivity contribution is 6.01. The number of benzene rings is 2. The Morgan fingerprint density at radius 3 is 2.53 bits per heavy atom. The molecule has 2 amide bonds. The maximum Gasteiger partial charge on any atom is 0.254 e. The number of likely N-dealkylation sites (tertiary alicyclic amines) is 1. The summed E-state index contributed by atoms with van der Waals surface area (Å²) in [4.78, 5) is 31.4. The van der Waals surface area contributed by atoms with Crippen molar-refractivity contribution in [1.29, 1.82) is 0 Å².